The van der Waals surface area contributed by atoms with Crippen LogP contribution in [0, 0.1) is 0 Å². The minimum atomic E-state index is 0.250. The van der Waals surface area contributed by atoms with E-state index < -0.39 is 0 Å². The van der Waals surface area contributed by atoms with Crippen molar-refractivity contribution >= 4 is 15.9 Å². The average molecular weight is 332 g/mol. The fourth-order valence-electron chi connectivity index (χ4n) is 1.78. The molecule has 4 nitrogen and oxygen atoms in total. The monoisotopic (exact) mass is 331 g/mol. The smallest absolute Gasteiger partial charge is 0.122 e. The van der Waals surface area contributed by atoms with Crippen LogP contribution in [-0.4, -0.2) is 47.1 Å². The van der Waals surface area contributed by atoms with E-state index in [1.165, 1.54) is 0 Å². The second kappa shape index (κ2) is 9.31. The Hall–Kier alpha value is -0.620. The molecule has 0 aliphatic carbocycles. The van der Waals surface area contributed by atoms with Crippen LogP contribution in [0.25, 0.3) is 0 Å². The van der Waals surface area contributed by atoms with Crippen molar-refractivity contribution in [2.24, 2.45) is 0 Å². The quantitative estimate of drug-likeness (QED) is 0.704. The van der Waals surface area contributed by atoms with Crippen LogP contribution >= 0.6 is 15.9 Å². The van der Waals surface area contributed by atoms with Gasteiger partial charge in [0.15, 0.2) is 0 Å². The van der Waals surface area contributed by atoms with Gasteiger partial charge in [0, 0.05) is 17.6 Å². The van der Waals surface area contributed by atoms with Gasteiger partial charge in [0.1, 0.15) is 5.75 Å². The van der Waals surface area contributed by atoms with Gasteiger partial charge in [0.05, 0.1) is 26.9 Å². The molecule has 19 heavy (non-hydrogen) atoms. The predicted octanol–water partition coefficient (Wildman–Crippen LogP) is 2.25. The lowest BCUT2D eigenvalue weighted by Gasteiger charge is -2.18. The van der Waals surface area contributed by atoms with Crippen molar-refractivity contribution < 1.29 is 14.2 Å². The fraction of sp³-hybridized carbons (Fsp3) is 0.571. The molecule has 0 radical (unpaired) electrons. The molecule has 0 fully saturated rings. The summed E-state index contributed by atoms with van der Waals surface area (Å²) in [5.41, 5.74) is 1.16. The van der Waals surface area contributed by atoms with E-state index >= 15 is 0 Å². The van der Waals surface area contributed by atoms with Crippen LogP contribution in [0.4, 0.5) is 0 Å². The van der Waals surface area contributed by atoms with E-state index in [1.807, 2.05) is 19.2 Å². The summed E-state index contributed by atoms with van der Waals surface area (Å²) in [4.78, 5) is 0. The Morgan fingerprint density at radius 2 is 2.05 bits per heavy atom. The van der Waals surface area contributed by atoms with Crippen LogP contribution in [0.15, 0.2) is 22.7 Å². The third kappa shape index (κ3) is 5.91. The number of hydrogen-bond donors (Lipinski definition) is 1. The molecule has 0 aliphatic heterocycles. The van der Waals surface area contributed by atoms with Crippen molar-refractivity contribution in [2.45, 2.75) is 12.5 Å². The second-order valence-corrected chi connectivity index (χ2v) is 5.13. The van der Waals surface area contributed by atoms with Crippen LogP contribution < -0.4 is 10.1 Å². The summed E-state index contributed by atoms with van der Waals surface area (Å²) >= 11 is 3.49. The number of methoxy groups -OCH3 is 2. The Morgan fingerprint density at radius 3 is 2.68 bits per heavy atom. The zero-order valence-electron chi connectivity index (χ0n) is 11.7. The van der Waals surface area contributed by atoms with E-state index in [0.717, 1.165) is 22.2 Å². The number of nitrogens with one attached hydrogen (secondary N) is 1. The molecule has 0 amide bonds. The van der Waals surface area contributed by atoms with Gasteiger partial charge in [-0.25, -0.2) is 0 Å². The largest absolute Gasteiger partial charge is 0.496 e. The molecule has 0 bridgehead atoms. The Labute approximate surface area is 123 Å². The molecule has 0 heterocycles. The molecule has 1 aromatic rings. The maximum Gasteiger partial charge on any atom is 0.122 e. The van der Waals surface area contributed by atoms with Crippen LogP contribution in [0.3, 0.4) is 0 Å². The van der Waals surface area contributed by atoms with Gasteiger partial charge in [0.2, 0.25) is 0 Å². The SMILES string of the molecule is CNC(COCCOC)Cc1cc(Br)ccc1OC. The van der Waals surface area contributed by atoms with Gasteiger partial charge in [-0.3, -0.25) is 0 Å². The number of hydrogen-bond acceptors (Lipinski definition) is 4. The molecule has 108 valence electrons. The molecule has 0 saturated heterocycles. The number of halogens is 1. The lowest BCUT2D eigenvalue weighted by Crippen LogP contribution is -2.33. The molecular weight excluding hydrogens is 310 g/mol. The topological polar surface area (TPSA) is 39.7 Å². The van der Waals surface area contributed by atoms with Gasteiger partial charge in [-0.1, -0.05) is 15.9 Å². The Bertz CT molecular complexity index is 374. The first-order chi connectivity index (χ1) is 9.21. The van der Waals surface area contributed by atoms with Crippen LogP contribution in [-0.2, 0) is 15.9 Å². The molecular formula is C14H22BrNO3. The fourth-order valence-corrected chi connectivity index (χ4v) is 2.19. The second-order valence-electron chi connectivity index (χ2n) is 4.21. The molecule has 1 N–H and O–H groups in total. The van der Waals surface area contributed by atoms with Gasteiger partial charge in [-0.15, -0.1) is 0 Å². The van der Waals surface area contributed by atoms with Crippen molar-refractivity contribution in [1.82, 2.24) is 5.32 Å². The normalized spacial score (nSPS) is 12.4. The summed E-state index contributed by atoms with van der Waals surface area (Å²) in [6.07, 6.45) is 0.853. The highest BCUT2D eigenvalue weighted by Gasteiger charge is 2.11. The summed E-state index contributed by atoms with van der Waals surface area (Å²) < 4.78 is 17.0. The van der Waals surface area contributed by atoms with Gasteiger partial charge in [0.25, 0.3) is 0 Å². The summed E-state index contributed by atoms with van der Waals surface area (Å²) in [6, 6.07) is 6.28. The lowest BCUT2D eigenvalue weighted by atomic mass is 10.1. The van der Waals surface area contributed by atoms with Gasteiger partial charge in [-0.05, 0) is 37.2 Å². The van der Waals surface area contributed by atoms with E-state index in [9.17, 15) is 0 Å². The van der Waals surface area contributed by atoms with E-state index in [-0.39, 0.29) is 6.04 Å². The summed E-state index contributed by atoms with van der Waals surface area (Å²) in [7, 11) is 5.30. The molecule has 1 atom stereocenters. The number of rotatable bonds is 9. The lowest BCUT2D eigenvalue weighted by molar-refractivity contribution is 0.0597. The third-order valence-corrected chi connectivity index (χ3v) is 3.36. The van der Waals surface area contributed by atoms with Crippen molar-refractivity contribution in [2.75, 3.05) is 41.1 Å². The Balaban J connectivity index is 2.56. The van der Waals surface area contributed by atoms with Crippen LogP contribution in [0.2, 0.25) is 0 Å². The van der Waals surface area contributed by atoms with Crippen molar-refractivity contribution in [1.29, 1.82) is 0 Å². The standard InChI is InChI=1S/C14H22BrNO3/c1-16-13(10-19-7-6-17-2)9-11-8-12(15)4-5-14(11)18-3/h4-5,8,13,16H,6-7,9-10H2,1-3H3. The van der Waals surface area contributed by atoms with E-state index in [1.54, 1.807) is 14.2 Å². The highest BCUT2D eigenvalue weighted by atomic mass is 79.9. The Morgan fingerprint density at radius 1 is 1.26 bits per heavy atom. The summed E-state index contributed by atoms with van der Waals surface area (Å²) in [5, 5.41) is 3.26. The zero-order chi connectivity index (χ0) is 14.1. The predicted molar refractivity (Wildman–Crippen MR) is 79.9 cm³/mol. The molecule has 5 heteroatoms. The van der Waals surface area contributed by atoms with E-state index in [4.69, 9.17) is 14.2 Å². The highest BCUT2D eigenvalue weighted by Crippen LogP contribution is 2.24. The van der Waals surface area contributed by atoms with Gasteiger partial charge < -0.3 is 19.5 Å². The molecule has 0 aliphatic rings. The summed E-state index contributed by atoms with van der Waals surface area (Å²) in [5.74, 6) is 0.903. The van der Waals surface area contributed by atoms with E-state index in [2.05, 4.69) is 27.3 Å². The molecule has 0 aromatic heterocycles. The van der Waals surface area contributed by atoms with Gasteiger partial charge in [-0.2, -0.15) is 0 Å². The maximum absolute atomic E-state index is 5.56. The highest BCUT2D eigenvalue weighted by molar-refractivity contribution is 9.10. The first-order valence-corrected chi connectivity index (χ1v) is 7.07. The van der Waals surface area contributed by atoms with E-state index in [0.29, 0.717) is 19.8 Å². The van der Waals surface area contributed by atoms with Crippen molar-refractivity contribution in [3.63, 3.8) is 0 Å². The first-order valence-electron chi connectivity index (χ1n) is 6.27. The van der Waals surface area contributed by atoms with Gasteiger partial charge >= 0.3 is 0 Å². The minimum Gasteiger partial charge on any atom is -0.496 e. The number of benzene rings is 1. The number of ether oxygens (including phenoxy) is 3. The Kier molecular flexibility index (Phi) is 8.05. The number of likely N-dealkylation sites (N-methyl/N-ethyl adjacent to an activating group) is 1. The third-order valence-electron chi connectivity index (χ3n) is 2.87. The maximum atomic E-state index is 5.56. The minimum absolute atomic E-state index is 0.250. The average Bonchev–Trinajstić information content (AvgIpc) is 2.42. The molecule has 0 saturated carbocycles. The summed E-state index contributed by atoms with van der Waals surface area (Å²) in [6.45, 7) is 1.89. The molecule has 1 rings (SSSR count). The zero-order valence-corrected chi connectivity index (χ0v) is 13.3. The van der Waals surface area contributed by atoms with Crippen LogP contribution in [0.1, 0.15) is 5.56 Å². The molecule has 0 spiro atoms. The van der Waals surface area contributed by atoms with Crippen molar-refractivity contribution in [3.8, 4) is 5.75 Å². The van der Waals surface area contributed by atoms with Crippen LogP contribution in [0.5, 0.6) is 5.75 Å². The van der Waals surface area contributed by atoms with Crippen molar-refractivity contribution in [3.05, 3.63) is 28.2 Å². The molecule has 1 unspecified atom stereocenters. The first kappa shape index (κ1) is 16.4. The molecule has 1 aromatic carbocycles.